The largest absolute Gasteiger partial charge is 0.348 e. The smallest absolute Gasteiger partial charge is 0.266 e. The van der Waals surface area contributed by atoms with Crippen molar-refractivity contribution in [2.24, 2.45) is 0 Å². The second-order valence-corrected chi connectivity index (χ2v) is 6.75. The minimum atomic E-state index is -4.09. The number of hydrogen-bond donors (Lipinski definition) is 2. The summed E-state index contributed by atoms with van der Waals surface area (Å²) in [6, 6.07) is -0.555. The number of unbranched alkanes of at least 4 members (excludes halogenated alkanes) is 5. The van der Waals surface area contributed by atoms with Crippen LogP contribution in [0.2, 0.25) is 0 Å². The molecular weight excluding hydrogens is 278 g/mol. The molecule has 0 aromatic carbocycles. The lowest BCUT2D eigenvalue weighted by atomic mass is 10.1. The molecule has 1 unspecified atom stereocenters. The minimum Gasteiger partial charge on any atom is -0.348 e. The number of rotatable bonds is 11. The predicted octanol–water partition coefficient (Wildman–Crippen LogP) is 2.69. The molecule has 0 saturated carbocycles. The van der Waals surface area contributed by atoms with Gasteiger partial charge < -0.3 is 5.32 Å². The summed E-state index contributed by atoms with van der Waals surface area (Å²) in [7, 11) is -4.09. The van der Waals surface area contributed by atoms with Crippen molar-refractivity contribution in [2.75, 3.05) is 5.75 Å². The summed E-state index contributed by atoms with van der Waals surface area (Å²) < 4.78 is 30.8. The summed E-state index contributed by atoms with van der Waals surface area (Å²) in [4.78, 5) is 11.5. The van der Waals surface area contributed by atoms with E-state index in [1.165, 1.54) is 19.3 Å². The molecule has 0 aromatic rings. The number of nitrogens with one attached hydrogen (secondary N) is 1. The Balaban J connectivity index is 4.19. The molecule has 0 aliphatic carbocycles. The van der Waals surface area contributed by atoms with Crippen molar-refractivity contribution in [3.8, 4) is 0 Å². The Labute approximate surface area is 122 Å². The summed E-state index contributed by atoms with van der Waals surface area (Å²) in [5.41, 5.74) is 0.327. The molecule has 0 saturated heterocycles. The first-order valence-electron chi connectivity index (χ1n) is 7.17. The summed E-state index contributed by atoms with van der Waals surface area (Å²) in [5, 5.41) is 2.60. The Morgan fingerprint density at radius 3 is 2.25 bits per heavy atom. The van der Waals surface area contributed by atoms with Gasteiger partial charge in [-0.15, -0.1) is 0 Å². The van der Waals surface area contributed by atoms with Crippen molar-refractivity contribution < 1.29 is 17.8 Å². The highest BCUT2D eigenvalue weighted by Gasteiger charge is 2.18. The quantitative estimate of drug-likeness (QED) is 0.349. The van der Waals surface area contributed by atoms with Crippen molar-refractivity contribution in [3.63, 3.8) is 0 Å². The topological polar surface area (TPSA) is 83.5 Å². The van der Waals surface area contributed by atoms with Crippen molar-refractivity contribution in [1.29, 1.82) is 0 Å². The molecule has 1 amide bonds. The molecule has 118 valence electrons. The number of carbonyl (C=O) groups excluding carboxylic acids is 1. The standard InChI is InChI=1S/C14H27NO4S/c1-4-5-6-7-8-9-10-13(11-20(17,18)19)15-14(16)12(2)3/h13H,2,4-11H2,1,3H3,(H,15,16)(H,17,18,19). The second-order valence-electron chi connectivity index (χ2n) is 5.26. The van der Waals surface area contributed by atoms with E-state index in [1.807, 2.05) is 0 Å². The molecule has 0 rings (SSSR count). The van der Waals surface area contributed by atoms with E-state index >= 15 is 0 Å². The van der Waals surface area contributed by atoms with E-state index in [0.29, 0.717) is 12.0 Å². The van der Waals surface area contributed by atoms with E-state index in [2.05, 4.69) is 18.8 Å². The van der Waals surface area contributed by atoms with Crippen molar-refractivity contribution in [3.05, 3.63) is 12.2 Å². The first-order chi connectivity index (χ1) is 9.26. The van der Waals surface area contributed by atoms with Crippen LogP contribution in [0.3, 0.4) is 0 Å². The highest BCUT2D eigenvalue weighted by Crippen LogP contribution is 2.10. The third-order valence-corrected chi connectivity index (χ3v) is 3.86. The summed E-state index contributed by atoms with van der Waals surface area (Å²) in [5.74, 6) is -0.814. The molecule has 0 fully saturated rings. The lowest BCUT2D eigenvalue weighted by Gasteiger charge is -2.17. The maximum absolute atomic E-state index is 11.5. The normalized spacial score (nSPS) is 12.9. The molecule has 20 heavy (non-hydrogen) atoms. The van der Waals surface area contributed by atoms with E-state index in [9.17, 15) is 13.2 Å². The molecule has 0 spiro atoms. The van der Waals surface area contributed by atoms with Gasteiger partial charge in [0.2, 0.25) is 5.91 Å². The molecule has 1 atom stereocenters. The van der Waals surface area contributed by atoms with Gasteiger partial charge in [0.15, 0.2) is 0 Å². The SMILES string of the molecule is C=C(C)C(=O)NC(CCCCCCCC)CS(=O)(=O)O. The van der Waals surface area contributed by atoms with Gasteiger partial charge in [0.25, 0.3) is 10.1 Å². The van der Waals surface area contributed by atoms with Gasteiger partial charge in [0.1, 0.15) is 0 Å². The fourth-order valence-electron chi connectivity index (χ4n) is 1.93. The zero-order valence-corrected chi connectivity index (χ0v) is 13.3. The average molecular weight is 305 g/mol. The molecule has 0 radical (unpaired) electrons. The molecule has 6 heteroatoms. The van der Waals surface area contributed by atoms with Crippen LogP contribution in [0.25, 0.3) is 0 Å². The second kappa shape index (κ2) is 9.94. The highest BCUT2D eigenvalue weighted by atomic mass is 32.2. The van der Waals surface area contributed by atoms with Crippen molar-refractivity contribution in [2.45, 2.75) is 64.8 Å². The van der Waals surface area contributed by atoms with Crippen LogP contribution in [-0.4, -0.2) is 30.7 Å². The molecule has 0 heterocycles. The maximum Gasteiger partial charge on any atom is 0.266 e. The van der Waals surface area contributed by atoms with Crippen LogP contribution in [0.5, 0.6) is 0 Å². The monoisotopic (exact) mass is 305 g/mol. The van der Waals surface area contributed by atoms with Gasteiger partial charge in [-0.2, -0.15) is 8.42 Å². The Morgan fingerprint density at radius 1 is 1.20 bits per heavy atom. The fraction of sp³-hybridized carbons (Fsp3) is 0.786. The fourth-order valence-corrected chi connectivity index (χ4v) is 2.69. The Kier molecular flexibility index (Phi) is 9.50. The third-order valence-electron chi connectivity index (χ3n) is 3.04. The van der Waals surface area contributed by atoms with Crippen molar-refractivity contribution in [1.82, 2.24) is 5.32 Å². The Bertz CT molecular complexity index is 403. The molecular formula is C14H27NO4S. The van der Waals surface area contributed by atoms with Gasteiger partial charge in [-0.3, -0.25) is 9.35 Å². The molecule has 0 aliphatic heterocycles. The van der Waals surface area contributed by atoms with Gasteiger partial charge in [0, 0.05) is 11.6 Å². The molecule has 0 aliphatic rings. The number of hydrogen-bond acceptors (Lipinski definition) is 3. The average Bonchev–Trinajstić information content (AvgIpc) is 2.31. The number of amides is 1. The number of carbonyl (C=O) groups is 1. The van der Waals surface area contributed by atoms with E-state index in [0.717, 1.165) is 19.3 Å². The highest BCUT2D eigenvalue weighted by molar-refractivity contribution is 7.85. The van der Waals surface area contributed by atoms with Crippen LogP contribution in [-0.2, 0) is 14.9 Å². The minimum absolute atomic E-state index is 0.327. The third kappa shape index (κ3) is 11.0. The predicted molar refractivity (Wildman–Crippen MR) is 81.2 cm³/mol. The van der Waals surface area contributed by atoms with Crippen LogP contribution in [0, 0.1) is 0 Å². The van der Waals surface area contributed by atoms with E-state index < -0.39 is 21.9 Å². The van der Waals surface area contributed by atoms with Crippen molar-refractivity contribution >= 4 is 16.0 Å². The Morgan fingerprint density at radius 2 is 1.75 bits per heavy atom. The van der Waals surface area contributed by atoms with E-state index in [-0.39, 0.29) is 5.91 Å². The van der Waals surface area contributed by atoms with Gasteiger partial charge in [-0.25, -0.2) is 0 Å². The zero-order chi connectivity index (χ0) is 15.6. The first kappa shape index (κ1) is 19.1. The molecule has 5 nitrogen and oxygen atoms in total. The van der Waals surface area contributed by atoms with Crippen LogP contribution in [0.1, 0.15) is 58.8 Å². The van der Waals surface area contributed by atoms with E-state index in [1.54, 1.807) is 6.92 Å². The van der Waals surface area contributed by atoms with Crippen LogP contribution >= 0.6 is 0 Å². The summed E-state index contributed by atoms with van der Waals surface area (Å²) in [6.45, 7) is 7.22. The molecule has 0 aromatic heterocycles. The zero-order valence-electron chi connectivity index (χ0n) is 12.5. The maximum atomic E-state index is 11.5. The summed E-state index contributed by atoms with van der Waals surface area (Å²) in [6.07, 6.45) is 7.07. The van der Waals surface area contributed by atoms with Gasteiger partial charge in [0.05, 0.1) is 5.75 Å². The molecule has 0 bridgehead atoms. The lowest BCUT2D eigenvalue weighted by Crippen LogP contribution is -2.40. The van der Waals surface area contributed by atoms with Crippen LogP contribution in [0.4, 0.5) is 0 Å². The Hall–Kier alpha value is -0.880. The first-order valence-corrected chi connectivity index (χ1v) is 8.78. The van der Waals surface area contributed by atoms with Crippen LogP contribution < -0.4 is 5.32 Å². The van der Waals surface area contributed by atoms with Gasteiger partial charge >= 0.3 is 0 Å². The summed E-state index contributed by atoms with van der Waals surface area (Å²) >= 11 is 0. The van der Waals surface area contributed by atoms with Gasteiger partial charge in [-0.1, -0.05) is 52.0 Å². The van der Waals surface area contributed by atoms with E-state index in [4.69, 9.17) is 4.55 Å². The lowest BCUT2D eigenvalue weighted by molar-refractivity contribution is -0.118. The molecule has 2 N–H and O–H groups in total. The van der Waals surface area contributed by atoms with Gasteiger partial charge in [-0.05, 0) is 13.3 Å². The van der Waals surface area contributed by atoms with Crippen LogP contribution in [0.15, 0.2) is 12.2 Å².